The van der Waals surface area contributed by atoms with Crippen molar-refractivity contribution < 1.29 is 4.42 Å². The molecule has 232 valence electrons. The number of rotatable bonds is 6. The van der Waals surface area contributed by atoms with E-state index in [1.165, 1.54) is 44.1 Å². The van der Waals surface area contributed by atoms with E-state index in [0.717, 1.165) is 57.2 Å². The Hall–Kier alpha value is -6.37. The summed E-state index contributed by atoms with van der Waals surface area (Å²) in [5, 5.41) is 14.9. The summed E-state index contributed by atoms with van der Waals surface area (Å²) in [6, 6.07) is 55.8. The molecule has 3 nitrogen and oxygen atoms in total. The van der Waals surface area contributed by atoms with Crippen molar-refractivity contribution >= 4 is 43.7 Å². The van der Waals surface area contributed by atoms with Crippen LogP contribution in [0.5, 0.6) is 0 Å². The molecule has 0 bridgehead atoms. The maximum absolute atomic E-state index is 10.2. The van der Waals surface area contributed by atoms with E-state index in [2.05, 4.69) is 151 Å². The van der Waals surface area contributed by atoms with Crippen molar-refractivity contribution in [1.29, 1.82) is 5.26 Å². The van der Waals surface area contributed by atoms with Gasteiger partial charge in [-0.25, -0.2) is 0 Å². The van der Waals surface area contributed by atoms with Crippen molar-refractivity contribution in [3.05, 3.63) is 174 Å². The first-order chi connectivity index (χ1) is 24.2. The molecule has 0 atom stereocenters. The van der Waals surface area contributed by atoms with E-state index in [-0.39, 0.29) is 0 Å². The van der Waals surface area contributed by atoms with Gasteiger partial charge in [0.15, 0.2) is 0 Å². The summed E-state index contributed by atoms with van der Waals surface area (Å²) in [6.07, 6.45) is 1.70. The molecule has 2 heterocycles. The molecular weight excluding hydrogens is 597 g/mol. The fourth-order valence-corrected chi connectivity index (χ4v) is 7.58. The predicted molar refractivity (Wildman–Crippen MR) is 202 cm³/mol. The van der Waals surface area contributed by atoms with Gasteiger partial charge in [-0.15, -0.1) is 0 Å². The van der Waals surface area contributed by atoms with Crippen LogP contribution in [0.2, 0.25) is 0 Å². The number of aromatic nitrogens is 1. The molecule has 0 spiro atoms. The van der Waals surface area contributed by atoms with Crippen LogP contribution in [0.3, 0.4) is 0 Å². The minimum atomic E-state index is 0.677. The second-order valence-corrected chi connectivity index (χ2v) is 12.8. The molecule has 9 rings (SSSR count). The zero-order valence-corrected chi connectivity index (χ0v) is 27.2. The molecule has 49 heavy (non-hydrogen) atoms. The van der Waals surface area contributed by atoms with Crippen LogP contribution in [-0.2, 0) is 12.8 Å². The molecule has 0 saturated carbocycles. The van der Waals surface area contributed by atoms with Gasteiger partial charge in [0.2, 0.25) is 0 Å². The number of aryl methyl sites for hydroxylation is 3. The Morgan fingerprint density at radius 2 is 1.31 bits per heavy atom. The minimum Gasteiger partial charge on any atom is -0.455 e. The summed E-state index contributed by atoms with van der Waals surface area (Å²) in [5.41, 5.74) is 14.0. The molecule has 3 heteroatoms. The third-order valence-electron chi connectivity index (χ3n) is 9.92. The zero-order valence-electron chi connectivity index (χ0n) is 27.2. The van der Waals surface area contributed by atoms with E-state index in [1.54, 1.807) is 0 Å². The lowest BCUT2D eigenvalue weighted by molar-refractivity contribution is 0.669. The molecule has 0 fully saturated rings. The molecule has 0 N–H and O–H groups in total. The Bertz CT molecular complexity index is 2700. The highest BCUT2D eigenvalue weighted by Gasteiger charge is 2.18. The van der Waals surface area contributed by atoms with Crippen LogP contribution in [0, 0.1) is 18.3 Å². The number of furan rings is 1. The van der Waals surface area contributed by atoms with Crippen LogP contribution >= 0.6 is 0 Å². The quantitative estimate of drug-likeness (QED) is 0.184. The highest BCUT2D eigenvalue weighted by molar-refractivity contribution is 6.11. The van der Waals surface area contributed by atoms with E-state index in [0.29, 0.717) is 5.56 Å². The summed E-state index contributed by atoms with van der Waals surface area (Å²) < 4.78 is 8.80. The van der Waals surface area contributed by atoms with Crippen LogP contribution in [0.25, 0.3) is 71.7 Å². The molecule has 0 saturated heterocycles. The average Bonchev–Trinajstić information content (AvgIpc) is 3.70. The van der Waals surface area contributed by atoms with E-state index >= 15 is 0 Å². The van der Waals surface area contributed by atoms with Gasteiger partial charge in [0.05, 0.1) is 22.7 Å². The van der Waals surface area contributed by atoms with E-state index in [4.69, 9.17) is 4.42 Å². The van der Waals surface area contributed by atoms with Gasteiger partial charge in [-0.1, -0.05) is 109 Å². The lowest BCUT2D eigenvalue weighted by Gasteiger charge is -2.14. The summed E-state index contributed by atoms with van der Waals surface area (Å²) in [6.45, 7) is 2.17. The fourth-order valence-electron chi connectivity index (χ4n) is 7.58. The van der Waals surface area contributed by atoms with E-state index in [1.807, 2.05) is 18.2 Å². The molecule has 0 aliphatic heterocycles. The van der Waals surface area contributed by atoms with Gasteiger partial charge in [0, 0.05) is 32.8 Å². The standard InChI is InChI=1S/C46H32N2O/c1-30-21-26-40-39-17-6-9-20-44(39)49-46(40)45(30)36-14-3-2-11-32(36)24-22-31-23-25-34(29-47)41(27-31)33-12-10-13-35(28-33)48-42-18-7-4-15-37(42)38-16-5-8-19-43(38)48/h2-21,23,25-28H,22,24H2,1H3. The normalized spacial score (nSPS) is 11.5. The van der Waals surface area contributed by atoms with Crippen LogP contribution in [-0.4, -0.2) is 4.57 Å². The van der Waals surface area contributed by atoms with Gasteiger partial charge in [-0.05, 0) is 95.6 Å². The topological polar surface area (TPSA) is 41.9 Å². The van der Waals surface area contributed by atoms with Gasteiger partial charge in [0.25, 0.3) is 0 Å². The first-order valence-electron chi connectivity index (χ1n) is 16.8. The molecule has 2 aromatic heterocycles. The molecule has 0 radical (unpaired) electrons. The number of nitrogens with zero attached hydrogens (tertiary/aromatic N) is 2. The maximum Gasteiger partial charge on any atom is 0.143 e. The van der Waals surface area contributed by atoms with Crippen molar-refractivity contribution in [3.63, 3.8) is 0 Å². The van der Waals surface area contributed by atoms with Gasteiger partial charge in [0.1, 0.15) is 11.2 Å². The van der Waals surface area contributed by atoms with Crippen LogP contribution in [0.4, 0.5) is 0 Å². The second-order valence-electron chi connectivity index (χ2n) is 12.8. The Morgan fingerprint density at radius 3 is 2.10 bits per heavy atom. The monoisotopic (exact) mass is 628 g/mol. The number of fused-ring (bicyclic) bond motifs is 6. The minimum absolute atomic E-state index is 0.677. The highest BCUT2D eigenvalue weighted by atomic mass is 16.3. The van der Waals surface area contributed by atoms with Crippen molar-refractivity contribution in [3.8, 4) is 34.0 Å². The SMILES string of the molecule is Cc1ccc2c(oc3ccccc32)c1-c1ccccc1CCc1ccc(C#N)c(-c2cccc(-n3c4ccccc4c4ccccc43)c2)c1. The molecule has 9 aromatic rings. The molecule has 0 aliphatic rings. The molecule has 7 aromatic carbocycles. The Labute approximate surface area is 284 Å². The van der Waals surface area contributed by atoms with Gasteiger partial charge < -0.3 is 8.98 Å². The number of para-hydroxylation sites is 3. The van der Waals surface area contributed by atoms with E-state index < -0.39 is 0 Å². The van der Waals surface area contributed by atoms with Gasteiger partial charge >= 0.3 is 0 Å². The third kappa shape index (κ3) is 4.81. The first kappa shape index (κ1) is 28.8. The Balaban J connectivity index is 1.08. The van der Waals surface area contributed by atoms with Crippen LogP contribution in [0.15, 0.2) is 156 Å². The summed E-state index contributed by atoms with van der Waals surface area (Å²) in [4.78, 5) is 0. The number of hydrogen-bond acceptors (Lipinski definition) is 2. The number of hydrogen-bond donors (Lipinski definition) is 0. The van der Waals surface area contributed by atoms with Crippen molar-refractivity contribution in [2.45, 2.75) is 19.8 Å². The largest absolute Gasteiger partial charge is 0.455 e. The molecule has 0 amide bonds. The Kier molecular flexibility index (Phi) is 6.88. The lowest BCUT2D eigenvalue weighted by Crippen LogP contribution is -1.98. The second kappa shape index (κ2) is 11.7. The average molecular weight is 629 g/mol. The van der Waals surface area contributed by atoms with Crippen LogP contribution in [0.1, 0.15) is 22.3 Å². The van der Waals surface area contributed by atoms with Crippen LogP contribution < -0.4 is 0 Å². The Morgan fingerprint density at radius 1 is 0.592 bits per heavy atom. The summed E-state index contributed by atoms with van der Waals surface area (Å²) in [5.74, 6) is 0. The zero-order chi connectivity index (χ0) is 32.9. The smallest absolute Gasteiger partial charge is 0.143 e. The van der Waals surface area contributed by atoms with E-state index in [9.17, 15) is 5.26 Å². The lowest BCUT2D eigenvalue weighted by atomic mass is 9.90. The van der Waals surface area contributed by atoms with Crippen molar-refractivity contribution in [2.75, 3.05) is 0 Å². The molecule has 0 aliphatic carbocycles. The number of benzene rings is 7. The van der Waals surface area contributed by atoms with Crippen molar-refractivity contribution in [1.82, 2.24) is 4.57 Å². The molecular formula is C46H32N2O. The molecule has 0 unspecified atom stereocenters. The highest BCUT2D eigenvalue weighted by Crippen LogP contribution is 2.40. The predicted octanol–water partition coefficient (Wildman–Crippen LogP) is 12.0. The van der Waals surface area contributed by atoms with Gasteiger partial charge in [-0.2, -0.15) is 5.26 Å². The maximum atomic E-state index is 10.2. The summed E-state index contributed by atoms with van der Waals surface area (Å²) >= 11 is 0. The summed E-state index contributed by atoms with van der Waals surface area (Å²) in [7, 11) is 0. The number of nitriles is 1. The van der Waals surface area contributed by atoms with Crippen molar-refractivity contribution in [2.24, 2.45) is 0 Å². The van der Waals surface area contributed by atoms with Gasteiger partial charge in [-0.3, -0.25) is 0 Å². The first-order valence-corrected chi connectivity index (χ1v) is 16.8. The fraction of sp³-hybridized carbons (Fsp3) is 0.0652. The third-order valence-corrected chi connectivity index (χ3v) is 9.92.